The maximum atomic E-state index is 13.1. The number of nitrogens with zero attached hydrogens (tertiary/aromatic N) is 6. The van der Waals surface area contributed by atoms with Crippen molar-refractivity contribution in [3.63, 3.8) is 0 Å². The summed E-state index contributed by atoms with van der Waals surface area (Å²) in [6.07, 6.45) is 3.02. The molecule has 0 fully saturated rings. The largest absolute Gasteiger partial charge is 0.383 e. The fraction of sp³-hybridized carbons (Fsp3) is 0.150. The third-order valence-electron chi connectivity index (χ3n) is 4.28. The number of nitrogens with two attached hydrogens (primary N) is 1. The summed E-state index contributed by atoms with van der Waals surface area (Å²) >= 11 is 0. The Morgan fingerprint density at radius 3 is 2.53 bits per heavy atom. The molecule has 0 amide bonds. The van der Waals surface area contributed by atoms with Crippen molar-refractivity contribution in [1.82, 2.24) is 29.7 Å². The lowest BCUT2D eigenvalue weighted by molar-refractivity contribution is 0.184. The highest BCUT2D eigenvalue weighted by Gasteiger charge is 2.13. The second kappa shape index (κ2) is 8.62. The molecule has 30 heavy (non-hydrogen) atoms. The minimum Gasteiger partial charge on any atom is -0.383 e. The monoisotopic (exact) mass is 406 g/mol. The molecule has 4 aromatic rings. The molecule has 3 N–H and O–H groups in total. The minimum atomic E-state index is -0.554. The van der Waals surface area contributed by atoms with Crippen molar-refractivity contribution in [1.29, 1.82) is 0 Å². The molecular weight excluding hydrogens is 387 g/mol. The molecule has 3 aromatic heterocycles. The Labute approximate surface area is 171 Å². The first kappa shape index (κ1) is 19.4. The van der Waals surface area contributed by atoms with Gasteiger partial charge in [0.1, 0.15) is 0 Å². The first-order chi connectivity index (χ1) is 14.6. The van der Waals surface area contributed by atoms with Crippen molar-refractivity contribution >= 4 is 17.6 Å². The maximum absolute atomic E-state index is 13.1. The summed E-state index contributed by atoms with van der Waals surface area (Å²) in [4.78, 5) is 16.3. The Hall–Kier alpha value is -3.92. The third kappa shape index (κ3) is 4.39. The first-order valence-electron chi connectivity index (χ1n) is 9.14. The predicted octanol–water partition coefficient (Wildman–Crippen LogP) is 2.91. The smallest absolute Gasteiger partial charge is 0.226 e. The van der Waals surface area contributed by atoms with E-state index in [4.69, 9.17) is 10.5 Å². The van der Waals surface area contributed by atoms with Crippen molar-refractivity contribution < 1.29 is 9.13 Å². The molecule has 0 bridgehead atoms. The summed E-state index contributed by atoms with van der Waals surface area (Å²) in [5.41, 5.74) is 8.74. The zero-order valence-electron chi connectivity index (χ0n) is 16.2. The molecule has 1 aromatic carbocycles. The van der Waals surface area contributed by atoms with Gasteiger partial charge >= 0.3 is 0 Å². The highest BCUT2D eigenvalue weighted by atomic mass is 19.1. The van der Waals surface area contributed by atoms with Gasteiger partial charge in [-0.3, -0.25) is 0 Å². The summed E-state index contributed by atoms with van der Waals surface area (Å²) in [5.74, 6) is 0.643. The zero-order chi connectivity index (χ0) is 20.9. The molecule has 0 unspecified atom stereocenters. The van der Waals surface area contributed by atoms with Crippen LogP contribution in [0.5, 0.6) is 0 Å². The van der Waals surface area contributed by atoms with Gasteiger partial charge in [-0.1, -0.05) is 12.1 Å². The Balaban J connectivity index is 1.59. The van der Waals surface area contributed by atoms with Gasteiger partial charge in [0.15, 0.2) is 5.82 Å². The van der Waals surface area contributed by atoms with E-state index in [0.717, 1.165) is 16.9 Å². The van der Waals surface area contributed by atoms with Crippen LogP contribution in [-0.4, -0.2) is 43.4 Å². The van der Waals surface area contributed by atoms with Gasteiger partial charge in [-0.05, 0) is 30.3 Å². The van der Waals surface area contributed by atoms with Gasteiger partial charge in [0.2, 0.25) is 17.8 Å². The van der Waals surface area contributed by atoms with E-state index >= 15 is 0 Å². The van der Waals surface area contributed by atoms with Gasteiger partial charge in [-0.25, -0.2) is 19.6 Å². The number of benzene rings is 1. The van der Waals surface area contributed by atoms with Gasteiger partial charge < -0.3 is 15.8 Å². The number of nitrogens with one attached hydrogen (secondary N) is 1. The molecule has 3 heterocycles. The molecule has 10 heteroatoms. The number of halogens is 1. The van der Waals surface area contributed by atoms with Crippen LogP contribution in [0.2, 0.25) is 0 Å². The molecule has 0 aliphatic carbocycles. The molecule has 0 aliphatic rings. The van der Waals surface area contributed by atoms with Crippen LogP contribution in [0.3, 0.4) is 0 Å². The van der Waals surface area contributed by atoms with E-state index in [2.05, 4.69) is 30.4 Å². The number of hydrogen-bond acceptors (Lipinski definition) is 8. The Morgan fingerprint density at radius 1 is 1.03 bits per heavy atom. The standard InChI is InChI=1S/C20H19FN8O/c1-30-11-10-29-20(27-18(28-29)14-4-7-17(21)24-12-14)25-15-5-2-13(3-6-15)16-8-9-23-19(22)26-16/h2-9,12H,10-11H2,1H3,(H2,22,23,26)(H,25,27,28). The summed E-state index contributed by atoms with van der Waals surface area (Å²) < 4.78 is 20.0. The molecule has 0 saturated heterocycles. The SMILES string of the molecule is COCCn1nc(-c2ccc(F)nc2)nc1Nc1ccc(-c2ccnc(N)n2)cc1. The molecule has 4 rings (SSSR count). The lowest BCUT2D eigenvalue weighted by Gasteiger charge is -2.08. The van der Waals surface area contributed by atoms with Crippen molar-refractivity contribution in [2.75, 3.05) is 24.8 Å². The normalized spacial score (nSPS) is 10.9. The van der Waals surface area contributed by atoms with Crippen LogP contribution < -0.4 is 11.1 Å². The van der Waals surface area contributed by atoms with Crippen LogP contribution in [0.15, 0.2) is 54.9 Å². The summed E-state index contributed by atoms with van der Waals surface area (Å²) in [5, 5.41) is 7.74. The van der Waals surface area contributed by atoms with Gasteiger partial charge in [0.25, 0.3) is 0 Å². The van der Waals surface area contributed by atoms with Crippen molar-refractivity contribution in [3.05, 3.63) is 60.8 Å². The maximum Gasteiger partial charge on any atom is 0.226 e. The van der Waals surface area contributed by atoms with Gasteiger partial charge in [0, 0.05) is 36.3 Å². The van der Waals surface area contributed by atoms with Crippen LogP contribution in [0.25, 0.3) is 22.6 Å². The van der Waals surface area contributed by atoms with Crippen molar-refractivity contribution in [2.45, 2.75) is 6.54 Å². The molecule has 0 atom stereocenters. The molecule has 152 valence electrons. The molecule has 9 nitrogen and oxygen atoms in total. The third-order valence-corrected chi connectivity index (χ3v) is 4.28. The number of pyridine rings is 1. The highest BCUT2D eigenvalue weighted by Crippen LogP contribution is 2.23. The fourth-order valence-electron chi connectivity index (χ4n) is 2.79. The van der Waals surface area contributed by atoms with Crippen LogP contribution in [-0.2, 0) is 11.3 Å². The summed E-state index contributed by atoms with van der Waals surface area (Å²) in [6, 6.07) is 12.3. The quantitative estimate of drug-likeness (QED) is 0.450. The number of methoxy groups -OCH3 is 1. The minimum absolute atomic E-state index is 0.226. The lowest BCUT2D eigenvalue weighted by atomic mass is 10.1. The van der Waals surface area contributed by atoms with Gasteiger partial charge in [0.05, 0.1) is 18.8 Å². The second-order valence-corrected chi connectivity index (χ2v) is 6.35. The highest BCUT2D eigenvalue weighted by molar-refractivity contribution is 5.65. The van der Waals surface area contributed by atoms with Crippen LogP contribution in [0.4, 0.5) is 22.0 Å². The first-order valence-corrected chi connectivity index (χ1v) is 9.14. The van der Waals surface area contributed by atoms with E-state index in [0.29, 0.717) is 30.5 Å². The van der Waals surface area contributed by atoms with Crippen molar-refractivity contribution in [3.8, 4) is 22.6 Å². The number of hydrogen-bond donors (Lipinski definition) is 2. The Kier molecular flexibility index (Phi) is 5.57. The predicted molar refractivity (Wildman–Crippen MR) is 110 cm³/mol. The Morgan fingerprint density at radius 2 is 1.83 bits per heavy atom. The summed E-state index contributed by atoms with van der Waals surface area (Å²) in [6.45, 7) is 0.964. The average molecular weight is 406 g/mol. The average Bonchev–Trinajstić information content (AvgIpc) is 3.16. The molecule has 0 spiro atoms. The molecule has 0 radical (unpaired) electrons. The zero-order valence-corrected chi connectivity index (χ0v) is 16.2. The number of rotatable bonds is 7. The fourth-order valence-corrected chi connectivity index (χ4v) is 2.79. The van der Waals surface area contributed by atoms with E-state index < -0.39 is 5.95 Å². The lowest BCUT2D eigenvalue weighted by Crippen LogP contribution is -2.09. The van der Waals surface area contributed by atoms with Crippen LogP contribution in [0.1, 0.15) is 0 Å². The topological polar surface area (TPSA) is 117 Å². The Bertz CT molecular complexity index is 1130. The van der Waals surface area contributed by atoms with Crippen LogP contribution >= 0.6 is 0 Å². The van der Waals surface area contributed by atoms with Gasteiger partial charge in [-0.15, -0.1) is 5.10 Å². The number of nitrogen functional groups attached to an aromatic ring is 1. The van der Waals surface area contributed by atoms with E-state index in [1.54, 1.807) is 30.1 Å². The number of anilines is 3. The van der Waals surface area contributed by atoms with E-state index in [9.17, 15) is 4.39 Å². The van der Waals surface area contributed by atoms with E-state index in [1.165, 1.54) is 12.3 Å². The van der Waals surface area contributed by atoms with E-state index in [1.807, 2.05) is 24.3 Å². The van der Waals surface area contributed by atoms with E-state index in [-0.39, 0.29) is 5.95 Å². The molecule has 0 saturated carbocycles. The van der Waals surface area contributed by atoms with Gasteiger partial charge in [-0.2, -0.15) is 9.37 Å². The number of ether oxygens (including phenoxy) is 1. The van der Waals surface area contributed by atoms with Crippen molar-refractivity contribution in [2.24, 2.45) is 0 Å². The molecule has 0 aliphatic heterocycles. The summed E-state index contributed by atoms with van der Waals surface area (Å²) in [7, 11) is 1.62. The number of aromatic nitrogens is 6. The molecular formula is C20H19FN8O. The van der Waals surface area contributed by atoms with Crippen LogP contribution in [0, 0.1) is 5.95 Å². The second-order valence-electron chi connectivity index (χ2n) is 6.35.